The van der Waals surface area contributed by atoms with Crippen LogP contribution < -0.4 is 15.8 Å². The molecular formula is C10H12FN3O. The standard InChI is InChI=1S/C10H12FN3O/c1-15-9-3-2-6(4-7(9)11)8-5-13-10(12)14-8/h2-4,8H,5H2,1H3,(H3,12,13,14). The summed E-state index contributed by atoms with van der Waals surface area (Å²) in [5.74, 6) is 0.268. The Kier molecular flexibility index (Phi) is 2.45. The number of methoxy groups -OCH3 is 1. The van der Waals surface area contributed by atoms with Gasteiger partial charge in [0.1, 0.15) is 0 Å². The van der Waals surface area contributed by atoms with Crippen LogP contribution in [-0.2, 0) is 0 Å². The van der Waals surface area contributed by atoms with Crippen LogP contribution in [0.25, 0.3) is 0 Å². The number of benzene rings is 1. The Labute approximate surface area is 86.9 Å². The average molecular weight is 209 g/mol. The Balaban J connectivity index is 2.20. The first kappa shape index (κ1) is 9.76. The fraction of sp³-hybridized carbons (Fsp3) is 0.300. The van der Waals surface area contributed by atoms with Gasteiger partial charge in [-0.25, -0.2) is 4.39 Å². The maximum absolute atomic E-state index is 13.4. The van der Waals surface area contributed by atoms with Crippen LogP contribution in [0.15, 0.2) is 23.2 Å². The maximum atomic E-state index is 13.4. The topological polar surface area (TPSA) is 59.6 Å². The van der Waals surface area contributed by atoms with Crippen molar-refractivity contribution in [3.8, 4) is 5.75 Å². The minimum absolute atomic E-state index is 0.0367. The van der Waals surface area contributed by atoms with Crippen LogP contribution in [0.2, 0.25) is 0 Å². The minimum Gasteiger partial charge on any atom is -0.494 e. The lowest BCUT2D eigenvalue weighted by Gasteiger charge is -2.11. The van der Waals surface area contributed by atoms with Crippen molar-refractivity contribution in [1.29, 1.82) is 0 Å². The normalized spacial score (nSPS) is 19.6. The van der Waals surface area contributed by atoms with Gasteiger partial charge in [0, 0.05) is 0 Å². The number of hydrogen-bond acceptors (Lipinski definition) is 4. The zero-order valence-corrected chi connectivity index (χ0v) is 8.33. The van der Waals surface area contributed by atoms with Crippen LogP contribution in [0.3, 0.4) is 0 Å². The molecule has 1 unspecified atom stereocenters. The minimum atomic E-state index is -0.373. The van der Waals surface area contributed by atoms with E-state index < -0.39 is 0 Å². The van der Waals surface area contributed by atoms with E-state index in [-0.39, 0.29) is 17.6 Å². The van der Waals surface area contributed by atoms with Gasteiger partial charge >= 0.3 is 0 Å². The molecule has 1 aliphatic rings. The second-order valence-electron chi connectivity index (χ2n) is 3.32. The third-order valence-corrected chi connectivity index (χ3v) is 2.34. The lowest BCUT2D eigenvalue weighted by atomic mass is 10.1. The summed E-state index contributed by atoms with van der Waals surface area (Å²) in [6.07, 6.45) is 0. The van der Waals surface area contributed by atoms with Crippen molar-refractivity contribution in [2.24, 2.45) is 10.7 Å². The maximum Gasteiger partial charge on any atom is 0.189 e. The number of ether oxygens (including phenoxy) is 1. The van der Waals surface area contributed by atoms with Gasteiger partial charge in [0.15, 0.2) is 17.5 Å². The first-order valence-corrected chi connectivity index (χ1v) is 4.60. The third kappa shape index (κ3) is 1.86. The zero-order valence-electron chi connectivity index (χ0n) is 8.33. The number of halogens is 1. The number of guanidine groups is 1. The summed E-state index contributed by atoms with van der Waals surface area (Å²) in [5, 5.41) is 2.96. The highest BCUT2D eigenvalue weighted by molar-refractivity contribution is 5.80. The van der Waals surface area contributed by atoms with Crippen molar-refractivity contribution in [2.45, 2.75) is 6.04 Å². The second-order valence-corrected chi connectivity index (χ2v) is 3.32. The summed E-state index contributed by atoms with van der Waals surface area (Å²) in [6, 6.07) is 4.80. The highest BCUT2D eigenvalue weighted by Crippen LogP contribution is 2.23. The number of hydrogen-bond donors (Lipinski definition) is 2. The Morgan fingerprint density at radius 1 is 1.60 bits per heavy atom. The van der Waals surface area contributed by atoms with Gasteiger partial charge < -0.3 is 15.8 Å². The van der Waals surface area contributed by atoms with Crippen LogP contribution in [0.5, 0.6) is 5.75 Å². The predicted octanol–water partition coefficient (Wildman–Crippen LogP) is 0.793. The molecule has 80 valence electrons. The summed E-state index contributed by atoms with van der Waals surface area (Å²) < 4.78 is 18.2. The molecule has 2 rings (SSSR count). The van der Waals surface area contributed by atoms with E-state index >= 15 is 0 Å². The lowest BCUT2D eigenvalue weighted by molar-refractivity contribution is 0.386. The van der Waals surface area contributed by atoms with Gasteiger partial charge in [0.2, 0.25) is 0 Å². The molecule has 0 spiro atoms. The second kappa shape index (κ2) is 3.76. The van der Waals surface area contributed by atoms with E-state index in [4.69, 9.17) is 10.5 Å². The smallest absolute Gasteiger partial charge is 0.189 e. The predicted molar refractivity (Wildman–Crippen MR) is 55.3 cm³/mol. The van der Waals surface area contributed by atoms with Crippen molar-refractivity contribution in [3.63, 3.8) is 0 Å². The molecule has 0 bridgehead atoms. The largest absolute Gasteiger partial charge is 0.494 e. The molecule has 5 heteroatoms. The average Bonchev–Trinajstić information content (AvgIpc) is 2.65. The van der Waals surface area contributed by atoms with Gasteiger partial charge in [-0.2, -0.15) is 0 Å². The van der Waals surface area contributed by atoms with E-state index in [1.807, 2.05) is 0 Å². The van der Waals surface area contributed by atoms with Gasteiger partial charge in [-0.3, -0.25) is 4.99 Å². The first-order valence-electron chi connectivity index (χ1n) is 4.60. The Hall–Kier alpha value is -1.78. The van der Waals surface area contributed by atoms with Crippen molar-refractivity contribution in [1.82, 2.24) is 5.32 Å². The molecule has 0 saturated heterocycles. The first-order chi connectivity index (χ1) is 7.20. The van der Waals surface area contributed by atoms with Crippen LogP contribution in [0.1, 0.15) is 11.6 Å². The fourth-order valence-electron chi connectivity index (χ4n) is 1.55. The van der Waals surface area contributed by atoms with E-state index in [1.54, 1.807) is 12.1 Å². The molecule has 0 radical (unpaired) electrons. The third-order valence-electron chi connectivity index (χ3n) is 2.34. The molecule has 1 aromatic rings. The van der Waals surface area contributed by atoms with Crippen molar-refractivity contribution < 1.29 is 9.13 Å². The van der Waals surface area contributed by atoms with Crippen LogP contribution in [0, 0.1) is 5.82 Å². The van der Waals surface area contributed by atoms with E-state index in [0.29, 0.717) is 12.5 Å². The molecule has 1 heterocycles. The monoisotopic (exact) mass is 209 g/mol. The molecular weight excluding hydrogens is 197 g/mol. The van der Waals surface area contributed by atoms with E-state index in [0.717, 1.165) is 5.56 Å². The van der Waals surface area contributed by atoms with Crippen molar-refractivity contribution in [2.75, 3.05) is 13.7 Å². The van der Waals surface area contributed by atoms with E-state index in [1.165, 1.54) is 13.2 Å². The van der Waals surface area contributed by atoms with E-state index in [2.05, 4.69) is 10.3 Å². The molecule has 3 N–H and O–H groups in total. The number of aliphatic imine (C=N–C) groups is 1. The molecule has 1 atom stereocenters. The van der Waals surface area contributed by atoms with E-state index in [9.17, 15) is 4.39 Å². The lowest BCUT2D eigenvalue weighted by Crippen LogP contribution is -2.29. The molecule has 0 aliphatic carbocycles. The fourth-order valence-corrected chi connectivity index (χ4v) is 1.55. The van der Waals surface area contributed by atoms with Gasteiger partial charge in [0.25, 0.3) is 0 Å². The SMILES string of the molecule is COc1ccc(C2CN=C(N)N2)cc1F. The summed E-state index contributed by atoms with van der Waals surface area (Å²) >= 11 is 0. The van der Waals surface area contributed by atoms with Gasteiger partial charge in [-0.1, -0.05) is 6.07 Å². The van der Waals surface area contributed by atoms with Crippen molar-refractivity contribution in [3.05, 3.63) is 29.6 Å². The quantitative estimate of drug-likeness (QED) is 0.757. The van der Waals surface area contributed by atoms with Gasteiger partial charge in [0.05, 0.1) is 19.7 Å². The number of nitrogens with zero attached hydrogens (tertiary/aromatic N) is 1. The number of nitrogens with two attached hydrogens (primary N) is 1. The van der Waals surface area contributed by atoms with Gasteiger partial charge in [-0.15, -0.1) is 0 Å². The van der Waals surface area contributed by atoms with Crippen molar-refractivity contribution >= 4 is 5.96 Å². The molecule has 0 fully saturated rings. The highest BCUT2D eigenvalue weighted by Gasteiger charge is 2.18. The van der Waals surface area contributed by atoms with Gasteiger partial charge in [-0.05, 0) is 17.7 Å². The van der Waals surface area contributed by atoms with Crippen LogP contribution in [0.4, 0.5) is 4.39 Å². The van der Waals surface area contributed by atoms with Crippen LogP contribution in [-0.4, -0.2) is 19.6 Å². The molecule has 15 heavy (non-hydrogen) atoms. The van der Waals surface area contributed by atoms with Crippen LogP contribution >= 0.6 is 0 Å². The Morgan fingerprint density at radius 3 is 2.93 bits per heavy atom. The number of rotatable bonds is 2. The molecule has 1 aliphatic heterocycles. The summed E-state index contributed by atoms with van der Waals surface area (Å²) in [6.45, 7) is 0.539. The Morgan fingerprint density at radius 2 is 2.40 bits per heavy atom. The zero-order chi connectivity index (χ0) is 10.8. The summed E-state index contributed by atoms with van der Waals surface area (Å²) in [4.78, 5) is 4.00. The molecule has 0 amide bonds. The summed E-state index contributed by atoms with van der Waals surface area (Å²) in [7, 11) is 1.44. The molecule has 1 aromatic carbocycles. The Bertz CT molecular complexity index is 406. The molecule has 0 saturated carbocycles. The summed E-state index contributed by atoms with van der Waals surface area (Å²) in [5.41, 5.74) is 6.29. The number of nitrogens with one attached hydrogen (secondary N) is 1. The molecule has 4 nitrogen and oxygen atoms in total. The highest BCUT2D eigenvalue weighted by atomic mass is 19.1. The molecule has 0 aromatic heterocycles.